The Morgan fingerprint density at radius 1 is 0.966 bits per heavy atom. The van der Waals surface area contributed by atoms with Crippen molar-refractivity contribution < 1.29 is 0 Å². The summed E-state index contributed by atoms with van der Waals surface area (Å²) in [6, 6.07) is 6.22. The molecule has 2 fully saturated rings. The first-order valence-corrected chi connectivity index (χ1v) is 10.5. The number of anilines is 2. The lowest BCUT2D eigenvalue weighted by atomic mass is 9.94. The fraction of sp³-hybridized carbons (Fsp3) is 0.400. The molecular weight excluding hydrogens is 432 g/mol. The van der Waals surface area contributed by atoms with Crippen LogP contribution in [0.2, 0.25) is 0 Å². The van der Waals surface area contributed by atoms with Gasteiger partial charge in [-0.05, 0) is 40.9 Å². The zero-order chi connectivity index (χ0) is 19.8. The first-order valence-electron chi connectivity index (χ1n) is 9.71. The lowest BCUT2D eigenvalue weighted by Crippen LogP contribution is -2.47. The SMILES string of the molecule is N#CC1CCN(c2nccnc2C2CN(c3ncc4nc(Br)ccc4n3)C2)CC1. The van der Waals surface area contributed by atoms with Gasteiger partial charge in [-0.2, -0.15) is 5.26 Å². The van der Waals surface area contributed by atoms with E-state index in [0.717, 1.165) is 72.1 Å². The molecule has 0 amide bonds. The third-order valence-corrected chi connectivity index (χ3v) is 6.07. The van der Waals surface area contributed by atoms with Crippen molar-refractivity contribution in [3.8, 4) is 6.07 Å². The monoisotopic (exact) mass is 450 g/mol. The van der Waals surface area contributed by atoms with Crippen molar-refractivity contribution in [1.29, 1.82) is 5.26 Å². The minimum atomic E-state index is 0.158. The summed E-state index contributed by atoms with van der Waals surface area (Å²) >= 11 is 3.38. The Morgan fingerprint density at radius 2 is 1.76 bits per heavy atom. The largest absolute Gasteiger partial charge is 0.355 e. The lowest BCUT2D eigenvalue weighted by Gasteiger charge is -2.40. The van der Waals surface area contributed by atoms with Gasteiger partial charge < -0.3 is 9.80 Å². The van der Waals surface area contributed by atoms with Crippen molar-refractivity contribution in [2.24, 2.45) is 5.92 Å². The zero-order valence-corrected chi connectivity index (χ0v) is 17.3. The highest BCUT2D eigenvalue weighted by Crippen LogP contribution is 2.34. The molecule has 3 aromatic heterocycles. The first kappa shape index (κ1) is 18.2. The van der Waals surface area contributed by atoms with E-state index >= 15 is 0 Å². The van der Waals surface area contributed by atoms with Gasteiger partial charge in [-0.3, -0.25) is 4.98 Å². The van der Waals surface area contributed by atoms with E-state index in [0.29, 0.717) is 5.92 Å². The van der Waals surface area contributed by atoms with Crippen LogP contribution < -0.4 is 9.80 Å². The number of hydrogen-bond acceptors (Lipinski definition) is 8. The topological polar surface area (TPSA) is 94.7 Å². The fourth-order valence-electron chi connectivity index (χ4n) is 3.95. The van der Waals surface area contributed by atoms with Crippen molar-refractivity contribution >= 4 is 38.7 Å². The van der Waals surface area contributed by atoms with E-state index in [2.05, 4.69) is 56.7 Å². The molecule has 0 spiro atoms. The molecule has 0 N–H and O–H groups in total. The first-order chi connectivity index (χ1) is 14.2. The van der Waals surface area contributed by atoms with Crippen LogP contribution in [0.1, 0.15) is 24.5 Å². The average Bonchev–Trinajstić information content (AvgIpc) is 2.73. The molecule has 5 heterocycles. The molecule has 29 heavy (non-hydrogen) atoms. The number of fused-ring (bicyclic) bond motifs is 1. The van der Waals surface area contributed by atoms with E-state index in [1.165, 1.54) is 0 Å². The number of halogens is 1. The maximum absolute atomic E-state index is 9.13. The highest BCUT2D eigenvalue weighted by Gasteiger charge is 2.34. The van der Waals surface area contributed by atoms with Crippen LogP contribution in [0.3, 0.4) is 0 Å². The van der Waals surface area contributed by atoms with Crippen LogP contribution in [0, 0.1) is 17.2 Å². The second kappa shape index (κ2) is 7.52. The standard InChI is InChI=1S/C20H19BrN8/c21-17-2-1-15-16(26-17)10-25-20(27-15)29-11-14(12-29)18-19(24-6-5-23-18)28-7-3-13(9-22)4-8-28/h1-2,5-6,10,13-14H,3-4,7-8,11-12H2. The Hall–Kier alpha value is -2.86. The highest BCUT2D eigenvalue weighted by atomic mass is 79.9. The van der Waals surface area contributed by atoms with Crippen molar-refractivity contribution in [3.63, 3.8) is 0 Å². The van der Waals surface area contributed by atoms with Gasteiger partial charge in [0.15, 0.2) is 5.82 Å². The van der Waals surface area contributed by atoms with E-state index in [1.54, 1.807) is 18.6 Å². The van der Waals surface area contributed by atoms with Crippen LogP contribution in [0.5, 0.6) is 0 Å². The maximum Gasteiger partial charge on any atom is 0.226 e. The predicted molar refractivity (Wildman–Crippen MR) is 113 cm³/mol. The molecule has 2 saturated heterocycles. The lowest BCUT2D eigenvalue weighted by molar-refractivity contribution is 0.472. The second-order valence-electron chi connectivity index (χ2n) is 7.47. The molecule has 0 radical (unpaired) electrons. The van der Waals surface area contributed by atoms with Gasteiger partial charge in [-0.15, -0.1) is 0 Å². The number of pyridine rings is 1. The minimum absolute atomic E-state index is 0.158. The van der Waals surface area contributed by atoms with Gasteiger partial charge in [-0.25, -0.2) is 19.9 Å². The van der Waals surface area contributed by atoms with E-state index in [1.807, 2.05) is 12.1 Å². The zero-order valence-electron chi connectivity index (χ0n) is 15.7. The quantitative estimate of drug-likeness (QED) is 0.561. The van der Waals surface area contributed by atoms with Crippen LogP contribution in [-0.4, -0.2) is 51.1 Å². The molecular formula is C20H19BrN8. The fourth-order valence-corrected chi connectivity index (χ4v) is 4.27. The van der Waals surface area contributed by atoms with Crippen LogP contribution in [0.4, 0.5) is 11.8 Å². The molecule has 9 heteroatoms. The third-order valence-electron chi connectivity index (χ3n) is 5.63. The summed E-state index contributed by atoms with van der Waals surface area (Å²) in [4.78, 5) is 27.2. The molecule has 5 rings (SSSR count). The summed E-state index contributed by atoms with van der Waals surface area (Å²) in [5.41, 5.74) is 2.64. The van der Waals surface area contributed by atoms with E-state index in [4.69, 9.17) is 5.26 Å². The summed E-state index contributed by atoms with van der Waals surface area (Å²) in [5, 5.41) is 9.13. The van der Waals surface area contributed by atoms with Gasteiger partial charge in [-0.1, -0.05) is 0 Å². The summed E-state index contributed by atoms with van der Waals surface area (Å²) in [5.74, 6) is 2.14. The Morgan fingerprint density at radius 3 is 2.55 bits per heavy atom. The normalized spacial score (nSPS) is 17.9. The Balaban J connectivity index is 1.31. The molecule has 0 aromatic carbocycles. The Bertz CT molecular complexity index is 1080. The number of rotatable bonds is 3. The molecule has 0 aliphatic carbocycles. The van der Waals surface area contributed by atoms with Gasteiger partial charge in [0.05, 0.1) is 23.5 Å². The molecule has 146 valence electrons. The molecule has 8 nitrogen and oxygen atoms in total. The van der Waals surface area contributed by atoms with Crippen molar-refractivity contribution in [1.82, 2.24) is 24.9 Å². The molecule has 0 bridgehead atoms. The summed E-state index contributed by atoms with van der Waals surface area (Å²) in [6.07, 6.45) is 7.06. The van der Waals surface area contributed by atoms with Crippen LogP contribution in [0.15, 0.2) is 35.3 Å². The number of aromatic nitrogens is 5. The smallest absolute Gasteiger partial charge is 0.226 e. The maximum atomic E-state index is 9.13. The molecule has 2 aliphatic rings. The van der Waals surface area contributed by atoms with Gasteiger partial charge in [0.1, 0.15) is 10.1 Å². The average molecular weight is 451 g/mol. The predicted octanol–water partition coefficient (Wildman–Crippen LogP) is 2.92. The highest BCUT2D eigenvalue weighted by molar-refractivity contribution is 9.10. The van der Waals surface area contributed by atoms with Gasteiger partial charge in [0.2, 0.25) is 5.95 Å². The van der Waals surface area contributed by atoms with Crippen LogP contribution >= 0.6 is 15.9 Å². The van der Waals surface area contributed by atoms with E-state index in [9.17, 15) is 0 Å². The van der Waals surface area contributed by atoms with Gasteiger partial charge in [0, 0.05) is 50.4 Å². The second-order valence-corrected chi connectivity index (χ2v) is 8.28. The number of piperidine rings is 1. The Kier molecular flexibility index (Phi) is 4.72. The Labute approximate surface area is 176 Å². The summed E-state index contributed by atoms with van der Waals surface area (Å²) in [6.45, 7) is 3.35. The van der Waals surface area contributed by atoms with Crippen molar-refractivity contribution in [2.45, 2.75) is 18.8 Å². The van der Waals surface area contributed by atoms with Crippen LogP contribution in [-0.2, 0) is 0 Å². The van der Waals surface area contributed by atoms with Gasteiger partial charge >= 0.3 is 0 Å². The van der Waals surface area contributed by atoms with Crippen molar-refractivity contribution in [3.05, 3.63) is 41.0 Å². The number of nitriles is 1. The molecule has 2 aliphatic heterocycles. The molecule has 3 aromatic rings. The molecule has 0 atom stereocenters. The minimum Gasteiger partial charge on any atom is -0.355 e. The van der Waals surface area contributed by atoms with Crippen molar-refractivity contribution in [2.75, 3.05) is 36.0 Å². The molecule has 0 saturated carbocycles. The molecule has 0 unspecified atom stereocenters. The van der Waals surface area contributed by atoms with E-state index in [-0.39, 0.29) is 5.92 Å². The number of hydrogen-bond donors (Lipinski definition) is 0. The van der Waals surface area contributed by atoms with Crippen LogP contribution in [0.25, 0.3) is 11.0 Å². The van der Waals surface area contributed by atoms with Gasteiger partial charge in [0.25, 0.3) is 0 Å². The van der Waals surface area contributed by atoms with E-state index < -0.39 is 0 Å². The summed E-state index contributed by atoms with van der Waals surface area (Å²) < 4.78 is 0.777. The number of nitrogens with zero attached hydrogens (tertiary/aromatic N) is 8. The summed E-state index contributed by atoms with van der Waals surface area (Å²) in [7, 11) is 0. The third kappa shape index (κ3) is 3.49.